The van der Waals surface area contributed by atoms with Gasteiger partial charge in [-0.25, -0.2) is 24.4 Å². The number of aromatic nitrogens is 4. The summed E-state index contributed by atoms with van der Waals surface area (Å²) in [7, 11) is 1.48. The first-order valence-electron chi connectivity index (χ1n) is 23.2. The van der Waals surface area contributed by atoms with Crippen LogP contribution in [0.25, 0.3) is 11.2 Å². The van der Waals surface area contributed by atoms with Crippen molar-refractivity contribution in [2.24, 2.45) is 0 Å². The first-order chi connectivity index (χ1) is 34.6. The fourth-order valence-electron chi connectivity index (χ4n) is 8.01. The molecule has 0 bridgehead atoms. The molecule has 0 spiro atoms. The lowest BCUT2D eigenvalue weighted by molar-refractivity contribution is -0.135. The summed E-state index contributed by atoms with van der Waals surface area (Å²) in [6.45, 7) is 7.86. The van der Waals surface area contributed by atoms with Crippen molar-refractivity contribution in [3.63, 3.8) is 0 Å². The molecule has 2 aromatic heterocycles. The molecular weight excluding hydrogens is 922 g/mol. The van der Waals surface area contributed by atoms with Crippen molar-refractivity contribution in [3.05, 3.63) is 180 Å². The van der Waals surface area contributed by atoms with E-state index in [0.29, 0.717) is 22.6 Å². The maximum absolute atomic E-state index is 13.7. The van der Waals surface area contributed by atoms with E-state index in [1.165, 1.54) is 12.7 Å². The SMILES string of the molecule is COc1ccc(C(OCC(COP(OCCC#N)N(C(C)C)C(C)C)OC(COC(=O)c2ccccc2)n2cnc3c(NC(=O)c4ccccc4)ncnc32)(c2ccccc2)c2ccc(OC)cc2)cc1. The van der Waals surface area contributed by atoms with Gasteiger partial charge in [-0.15, -0.1) is 0 Å². The fourth-order valence-corrected chi connectivity index (χ4v) is 9.65. The van der Waals surface area contributed by atoms with E-state index in [-0.39, 0.29) is 67.8 Å². The highest BCUT2D eigenvalue weighted by molar-refractivity contribution is 7.44. The zero-order valence-electron chi connectivity index (χ0n) is 40.6. The molecule has 7 aromatic rings. The Hall–Kier alpha value is -7.09. The molecule has 0 aliphatic rings. The smallest absolute Gasteiger partial charge is 0.338 e. The van der Waals surface area contributed by atoms with E-state index < -0.39 is 32.4 Å². The van der Waals surface area contributed by atoms with Gasteiger partial charge in [0.2, 0.25) is 0 Å². The molecule has 71 heavy (non-hydrogen) atoms. The van der Waals surface area contributed by atoms with Gasteiger partial charge in [0.15, 0.2) is 23.2 Å². The third kappa shape index (κ3) is 12.8. The highest BCUT2D eigenvalue weighted by atomic mass is 31.2. The van der Waals surface area contributed by atoms with Crippen LogP contribution in [0.1, 0.15) is 77.8 Å². The molecule has 368 valence electrons. The van der Waals surface area contributed by atoms with Crippen LogP contribution in [-0.4, -0.2) is 94.9 Å². The minimum Gasteiger partial charge on any atom is -0.497 e. The lowest BCUT2D eigenvalue weighted by Gasteiger charge is -2.38. The maximum Gasteiger partial charge on any atom is 0.338 e. The van der Waals surface area contributed by atoms with Gasteiger partial charge >= 0.3 is 5.97 Å². The quantitative estimate of drug-likeness (QED) is 0.0247. The van der Waals surface area contributed by atoms with Gasteiger partial charge in [-0.05, 0) is 92.9 Å². The zero-order chi connectivity index (χ0) is 50.2. The number of methoxy groups -OCH3 is 2. The number of amides is 1. The standard InChI is InChI=1S/C54H58N7O9P/c1-38(2)61(39(3)4)71(68-32-16-31-55)69-34-47(33-67-54(42-21-14-9-15-22-42,43-23-27-45(64-5)28-24-43)44-25-29-46(65-6)30-26-44)70-48(35-66-53(63)41-19-12-8-13-20-41)60-37-58-49-50(56-36-57-51(49)60)59-52(62)40-17-10-7-11-18-40/h7-15,17-30,36-39,47-48H,16,32-35H2,1-6H3,(H,56,57,59,62). The van der Waals surface area contributed by atoms with E-state index in [0.717, 1.165) is 16.7 Å². The van der Waals surface area contributed by atoms with Gasteiger partial charge in [-0.3, -0.25) is 9.36 Å². The van der Waals surface area contributed by atoms with Crippen molar-refractivity contribution < 1.29 is 42.3 Å². The first-order valence-corrected chi connectivity index (χ1v) is 24.3. The van der Waals surface area contributed by atoms with Crippen LogP contribution in [0.3, 0.4) is 0 Å². The molecule has 0 aliphatic carbocycles. The number of carbonyl (C=O) groups is 2. The first kappa shape index (κ1) is 51.8. The molecule has 0 aliphatic heterocycles. The van der Waals surface area contributed by atoms with Gasteiger partial charge in [0.25, 0.3) is 14.4 Å². The molecule has 0 radical (unpaired) electrons. The third-order valence-corrected chi connectivity index (χ3v) is 13.4. The summed E-state index contributed by atoms with van der Waals surface area (Å²) in [4.78, 5) is 40.6. The third-order valence-electron chi connectivity index (χ3n) is 11.3. The van der Waals surface area contributed by atoms with Crippen molar-refractivity contribution >= 4 is 37.4 Å². The highest BCUT2D eigenvalue weighted by Gasteiger charge is 2.40. The summed E-state index contributed by atoms with van der Waals surface area (Å²) in [5.74, 6) is 0.521. The van der Waals surface area contributed by atoms with E-state index in [1.54, 1.807) is 67.3 Å². The number of nitriles is 1. The van der Waals surface area contributed by atoms with Gasteiger partial charge in [-0.1, -0.05) is 91.0 Å². The van der Waals surface area contributed by atoms with E-state index in [4.69, 9.17) is 32.7 Å². The lowest BCUT2D eigenvalue weighted by Crippen LogP contribution is -2.39. The second kappa shape index (κ2) is 25.2. The second-order valence-electron chi connectivity index (χ2n) is 16.7. The Morgan fingerprint density at radius 2 is 1.27 bits per heavy atom. The number of imidazole rings is 1. The number of anilines is 1. The normalized spacial score (nSPS) is 12.9. The Bertz CT molecular complexity index is 2760. The van der Waals surface area contributed by atoms with Gasteiger partial charge in [-0.2, -0.15) is 5.26 Å². The minimum atomic E-state index is -1.75. The number of nitrogens with one attached hydrogen (secondary N) is 1. The lowest BCUT2D eigenvalue weighted by atomic mass is 9.80. The van der Waals surface area contributed by atoms with Crippen LogP contribution in [0.15, 0.2) is 152 Å². The Balaban J connectivity index is 1.33. The van der Waals surface area contributed by atoms with Crippen molar-refractivity contribution in [1.29, 1.82) is 5.26 Å². The average Bonchev–Trinajstić information content (AvgIpc) is 3.85. The van der Waals surface area contributed by atoms with Crippen molar-refractivity contribution in [1.82, 2.24) is 24.2 Å². The summed E-state index contributed by atoms with van der Waals surface area (Å²) >= 11 is 0. The predicted molar refractivity (Wildman–Crippen MR) is 270 cm³/mol. The number of fused-ring (bicyclic) bond motifs is 1. The number of hydrogen-bond donors (Lipinski definition) is 1. The van der Waals surface area contributed by atoms with E-state index >= 15 is 0 Å². The zero-order valence-corrected chi connectivity index (χ0v) is 41.5. The Morgan fingerprint density at radius 1 is 0.704 bits per heavy atom. The fraction of sp³-hybridized carbons (Fsp3) is 0.296. The van der Waals surface area contributed by atoms with Gasteiger partial charge < -0.3 is 38.0 Å². The number of hydrogen-bond acceptors (Lipinski definition) is 14. The van der Waals surface area contributed by atoms with E-state index in [1.807, 2.05) is 91.0 Å². The Labute approximate surface area is 415 Å². The maximum atomic E-state index is 13.7. The molecule has 7 rings (SSSR count). The summed E-state index contributed by atoms with van der Waals surface area (Å²) in [5, 5.41) is 12.3. The molecular formula is C54H58N7O9P. The summed E-state index contributed by atoms with van der Waals surface area (Å²) < 4.78 is 48.6. The van der Waals surface area contributed by atoms with Crippen molar-refractivity contribution in [3.8, 4) is 17.6 Å². The Morgan fingerprint density at radius 3 is 1.83 bits per heavy atom. The van der Waals surface area contributed by atoms with Crippen LogP contribution in [0, 0.1) is 11.3 Å². The summed E-state index contributed by atoms with van der Waals surface area (Å²) in [6.07, 6.45) is 0.933. The molecule has 3 unspecified atom stereocenters. The second-order valence-corrected chi connectivity index (χ2v) is 18.2. The number of esters is 1. The topological polar surface area (TPSA) is 181 Å². The van der Waals surface area contributed by atoms with Crippen LogP contribution < -0.4 is 14.8 Å². The minimum absolute atomic E-state index is 0.00779. The highest BCUT2D eigenvalue weighted by Crippen LogP contribution is 2.47. The van der Waals surface area contributed by atoms with Crippen molar-refractivity contribution in [2.75, 3.05) is 46.0 Å². The molecule has 17 heteroatoms. The molecule has 16 nitrogen and oxygen atoms in total. The summed E-state index contributed by atoms with van der Waals surface area (Å²) in [6, 6.07) is 44.8. The Kier molecular flexibility index (Phi) is 18.3. The molecule has 3 atom stereocenters. The van der Waals surface area contributed by atoms with Crippen LogP contribution in [0.5, 0.6) is 11.5 Å². The van der Waals surface area contributed by atoms with Crippen LogP contribution >= 0.6 is 8.53 Å². The van der Waals surface area contributed by atoms with Crippen molar-refractivity contribution in [2.45, 2.75) is 64.1 Å². The van der Waals surface area contributed by atoms with Crippen LogP contribution in [-0.2, 0) is 28.9 Å². The molecule has 0 saturated carbocycles. The molecule has 1 amide bonds. The monoisotopic (exact) mass is 979 g/mol. The van der Waals surface area contributed by atoms with E-state index in [2.05, 4.69) is 58.7 Å². The average molecular weight is 980 g/mol. The van der Waals surface area contributed by atoms with E-state index in [9.17, 15) is 14.9 Å². The van der Waals surface area contributed by atoms with Crippen LogP contribution in [0.4, 0.5) is 5.82 Å². The van der Waals surface area contributed by atoms with Gasteiger partial charge in [0, 0.05) is 17.6 Å². The molecule has 2 heterocycles. The molecule has 0 fully saturated rings. The number of benzene rings is 5. The number of rotatable bonds is 25. The largest absolute Gasteiger partial charge is 0.497 e. The molecule has 1 N–H and O–H groups in total. The van der Waals surface area contributed by atoms with Gasteiger partial charge in [0.1, 0.15) is 36.1 Å². The number of carbonyl (C=O) groups excluding carboxylic acids is 2. The van der Waals surface area contributed by atoms with Crippen LogP contribution in [0.2, 0.25) is 0 Å². The molecule has 5 aromatic carbocycles. The van der Waals surface area contributed by atoms with Gasteiger partial charge in [0.05, 0.1) is 58.4 Å². The predicted octanol–water partition coefficient (Wildman–Crippen LogP) is 10.1. The number of nitrogens with zero attached hydrogens (tertiary/aromatic N) is 6. The number of ether oxygens (including phenoxy) is 5. The molecule has 0 saturated heterocycles. The summed E-state index contributed by atoms with van der Waals surface area (Å²) in [5.41, 5.74) is 2.46.